The fourth-order valence-electron chi connectivity index (χ4n) is 3.05. The zero-order valence-electron chi connectivity index (χ0n) is 15.4. The molecule has 2 heterocycles. The van der Waals surface area contributed by atoms with Gasteiger partial charge in [-0.15, -0.1) is 11.3 Å². The Hall–Kier alpha value is -3.16. The highest BCUT2D eigenvalue weighted by molar-refractivity contribution is 7.17. The summed E-state index contributed by atoms with van der Waals surface area (Å²) in [6, 6.07) is 14.4. The van der Waals surface area contributed by atoms with Crippen LogP contribution in [0.3, 0.4) is 0 Å². The molecule has 0 bridgehead atoms. The third kappa shape index (κ3) is 3.87. The van der Waals surface area contributed by atoms with E-state index in [0.717, 1.165) is 11.1 Å². The van der Waals surface area contributed by atoms with Crippen molar-refractivity contribution < 1.29 is 9.53 Å². The Kier molecular flexibility index (Phi) is 5.33. The van der Waals surface area contributed by atoms with Crippen LogP contribution in [0.1, 0.15) is 5.82 Å². The van der Waals surface area contributed by atoms with Crippen LogP contribution in [-0.4, -0.2) is 23.0 Å². The molecule has 0 saturated carbocycles. The number of halogens is 1. The van der Waals surface area contributed by atoms with E-state index >= 15 is 0 Å². The Morgan fingerprint density at radius 1 is 1.17 bits per heavy atom. The van der Waals surface area contributed by atoms with Crippen molar-refractivity contribution in [1.82, 2.24) is 9.97 Å². The highest BCUT2D eigenvalue weighted by Crippen LogP contribution is 2.34. The van der Waals surface area contributed by atoms with Crippen molar-refractivity contribution in [3.05, 3.63) is 75.1 Å². The first-order chi connectivity index (χ1) is 14.1. The number of nitrogens with one attached hydrogen (secondary N) is 2. The number of carbonyl (C=O) groups excluding carboxylic acids is 1. The molecule has 29 heavy (non-hydrogen) atoms. The molecule has 6 nitrogen and oxygen atoms in total. The summed E-state index contributed by atoms with van der Waals surface area (Å²) in [7, 11) is 1.53. The normalized spacial score (nSPS) is 10.8. The molecule has 0 spiro atoms. The standard InChI is InChI=1S/C21H16ClN3O3S/c1-28-16-9-5-4-8-15(16)23-18(26)10-17-24-20(27)19-13(11-29-21(19)25-17)12-6-2-3-7-14(12)22/h2-9,11H,10H2,1H3,(H,23,26)(H,24,25,27). The highest BCUT2D eigenvalue weighted by Gasteiger charge is 2.16. The molecule has 146 valence electrons. The number of thiophene rings is 1. The summed E-state index contributed by atoms with van der Waals surface area (Å²) in [4.78, 5) is 32.9. The van der Waals surface area contributed by atoms with Crippen LogP contribution in [0.2, 0.25) is 5.02 Å². The fourth-order valence-corrected chi connectivity index (χ4v) is 4.24. The van der Waals surface area contributed by atoms with Gasteiger partial charge in [0.2, 0.25) is 5.91 Å². The Morgan fingerprint density at radius 2 is 1.93 bits per heavy atom. The molecule has 0 aliphatic rings. The van der Waals surface area contributed by atoms with Gasteiger partial charge in [-0.1, -0.05) is 41.9 Å². The number of methoxy groups -OCH3 is 1. The summed E-state index contributed by atoms with van der Waals surface area (Å²) in [5.41, 5.74) is 1.76. The molecule has 0 saturated heterocycles. The SMILES string of the molecule is COc1ccccc1NC(=O)Cc1nc2scc(-c3ccccc3Cl)c2c(=O)[nH]1. The summed E-state index contributed by atoms with van der Waals surface area (Å²) >= 11 is 7.62. The molecular weight excluding hydrogens is 410 g/mol. The molecule has 4 rings (SSSR count). The van der Waals surface area contributed by atoms with E-state index in [1.54, 1.807) is 24.3 Å². The van der Waals surface area contributed by atoms with Crippen molar-refractivity contribution in [3.63, 3.8) is 0 Å². The number of amides is 1. The Balaban J connectivity index is 1.62. The molecule has 2 N–H and O–H groups in total. The maximum absolute atomic E-state index is 12.7. The number of hydrogen-bond donors (Lipinski definition) is 2. The van der Waals surface area contributed by atoms with Gasteiger partial charge < -0.3 is 15.0 Å². The lowest BCUT2D eigenvalue weighted by atomic mass is 10.1. The largest absolute Gasteiger partial charge is 0.495 e. The highest BCUT2D eigenvalue weighted by atomic mass is 35.5. The van der Waals surface area contributed by atoms with Crippen LogP contribution in [0.25, 0.3) is 21.3 Å². The number of anilines is 1. The third-order valence-electron chi connectivity index (χ3n) is 4.37. The number of aromatic nitrogens is 2. The van der Waals surface area contributed by atoms with E-state index in [4.69, 9.17) is 16.3 Å². The van der Waals surface area contributed by atoms with Gasteiger partial charge in [0, 0.05) is 21.5 Å². The molecule has 0 atom stereocenters. The number of carbonyl (C=O) groups is 1. The van der Waals surface area contributed by atoms with Crippen LogP contribution >= 0.6 is 22.9 Å². The number of benzene rings is 2. The lowest BCUT2D eigenvalue weighted by Crippen LogP contribution is -2.19. The molecule has 0 unspecified atom stereocenters. The number of aromatic amines is 1. The average molecular weight is 426 g/mol. The minimum Gasteiger partial charge on any atom is -0.495 e. The number of hydrogen-bond acceptors (Lipinski definition) is 5. The lowest BCUT2D eigenvalue weighted by Gasteiger charge is -2.09. The van der Waals surface area contributed by atoms with Crippen LogP contribution in [-0.2, 0) is 11.2 Å². The molecule has 1 amide bonds. The van der Waals surface area contributed by atoms with Crippen LogP contribution in [0.5, 0.6) is 5.75 Å². The first kappa shape index (κ1) is 19.2. The third-order valence-corrected chi connectivity index (χ3v) is 5.57. The van der Waals surface area contributed by atoms with Gasteiger partial charge in [-0.2, -0.15) is 0 Å². The van der Waals surface area contributed by atoms with E-state index in [0.29, 0.717) is 32.5 Å². The molecule has 0 aliphatic heterocycles. The van der Waals surface area contributed by atoms with Crippen LogP contribution in [0, 0.1) is 0 Å². The van der Waals surface area contributed by atoms with E-state index in [1.807, 2.05) is 29.6 Å². The van der Waals surface area contributed by atoms with Gasteiger partial charge in [0.15, 0.2) is 0 Å². The molecule has 4 aromatic rings. The molecule has 2 aromatic heterocycles. The monoisotopic (exact) mass is 425 g/mol. The Labute approximate surface area is 175 Å². The second-order valence-corrected chi connectivity index (χ2v) is 7.51. The number of para-hydroxylation sites is 2. The number of nitrogens with zero attached hydrogens (tertiary/aromatic N) is 1. The van der Waals surface area contributed by atoms with Crippen LogP contribution in [0.4, 0.5) is 5.69 Å². The molecular formula is C21H16ClN3O3S. The van der Waals surface area contributed by atoms with Crippen molar-refractivity contribution in [2.24, 2.45) is 0 Å². The Bertz CT molecular complexity index is 1270. The van der Waals surface area contributed by atoms with Gasteiger partial charge in [-0.05, 0) is 18.2 Å². The quantitative estimate of drug-likeness (QED) is 0.493. The van der Waals surface area contributed by atoms with Gasteiger partial charge in [-0.3, -0.25) is 9.59 Å². The minimum atomic E-state index is -0.306. The van der Waals surface area contributed by atoms with Crippen molar-refractivity contribution in [2.45, 2.75) is 6.42 Å². The van der Waals surface area contributed by atoms with E-state index in [9.17, 15) is 9.59 Å². The summed E-state index contributed by atoms with van der Waals surface area (Å²) < 4.78 is 5.23. The van der Waals surface area contributed by atoms with Crippen molar-refractivity contribution in [2.75, 3.05) is 12.4 Å². The summed E-state index contributed by atoms with van der Waals surface area (Å²) in [5, 5.41) is 5.66. The number of rotatable bonds is 5. The van der Waals surface area contributed by atoms with E-state index in [2.05, 4.69) is 15.3 Å². The van der Waals surface area contributed by atoms with Crippen LogP contribution in [0.15, 0.2) is 58.7 Å². The second-order valence-electron chi connectivity index (χ2n) is 6.25. The predicted molar refractivity (Wildman–Crippen MR) is 116 cm³/mol. The zero-order valence-corrected chi connectivity index (χ0v) is 16.9. The average Bonchev–Trinajstić information content (AvgIpc) is 3.13. The minimum absolute atomic E-state index is 0.0669. The van der Waals surface area contributed by atoms with E-state index < -0.39 is 0 Å². The maximum atomic E-state index is 12.7. The topological polar surface area (TPSA) is 84.1 Å². The molecule has 0 aliphatic carbocycles. The smallest absolute Gasteiger partial charge is 0.260 e. The van der Waals surface area contributed by atoms with Gasteiger partial charge in [0.1, 0.15) is 16.4 Å². The predicted octanol–water partition coefficient (Wildman–Crippen LogP) is 4.49. The number of H-pyrrole nitrogens is 1. The first-order valence-electron chi connectivity index (χ1n) is 8.75. The van der Waals surface area contributed by atoms with Crippen molar-refractivity contribution >= 4 is 44.7 Å². The van der Waals surface area contributed by atoms with Crippen molar-refractivity contribution in [1.29, 1.82) is 0 Å². The zero-order chi connectivity index (χ0) is 20.4. The van der Waals surface area contributed by atoms with Gasteiger partial charge in [-0.25, -0.2) is 4.98 Å². The summed E-state index contributed by atoms with van der Waals surface area (Å²) in [6.45, 7) is 0. The molecule has 0 fully saturated rings. The summed E-state index contributed by atoms with van der Waals surface area (Å²) in [6.07, 6.45) is -0.0669. The number of ether oxygens (including phenoxy) is 1. The lowest BCUT2D eigenvalue weighted by molar-refractivity contribution is -0.115. The molecule has 0 radical (unpaired) electrons. The maximum Gasteiger partial charge on any atom is 0.260 e. The van der Waals surface area contributed by atoms with Gasteiger partial charge in [0.25, 0.3) is 5.56 Å². The van der Waals surface area contributed by atoms with Crippen molar-refractivity contribution in [3.8, 4) is 16.9 Å². The van der Waals surface area contributed by atoms with E-state index in [-0.39, 0.29) is 17.9 Å². The van der Waals surface area contributed by atoms with Gasteiger partial charge in [0.05, 0.1) is 24.6 Å². The molecule has 2 aromatic carbocycles. The fraction of sp³-hybridized carbons (Fsp3) is 0.0952. The van der Waals surface area contributed by atoms with E-state index in [1.165, 1.54) is 18.4 Å². The van der Waals surface area contributed by atoms with Crippen LogP contribution < -0.4 is 15.6 Å². The number of fused-ring (bicyclic) bond motifs is 1. The second kappa shape index (κ2) is 8.06. The first-order valence-corrected chi connectivity index (χ1v) is 10.0. The summed E-state index contributed by atoms with van der Waals surface area (Å²) in [5.74, 6) is 0.544. The van der Waals surface area contributed by atoms with Gasteiger partial charge >= 0.3 is 0 Å². The molecule has 8 heteroatoms. The Morgan fingerprint density at radius 3 is 2.72 bits per heavy atom.